The molecule has 1 fully saturated rings. The Morgan fingerprint density at radius 1 is 1.24 bits per heavy atom. The number of fused-ring (bicyclic) bond motifs is 1. The average Bonchev–Trinajstić information content (AvgIpc) is 2.72. The summed E-state index contributed by atoms with van der Waals surface area (Å²) in [4.78, 5) is 28.9. The van der Waals surface area contributed by atoms with E-state index in [4.69, 9.17) is 5.73 Å². The first-order chi connectivity index (χ1) is 10.0. The number of piperidine rings is 1. The topological polar surface area (TPSA) is 66.6 Å². The molecule has 1 atom stereocenters. The summed E-state index contributed by atoms with van der Waals surface area (Å²) in [6.07, 6.45) is 1.88. The highest BCUT2D eigenvalue weighted by atomic mass is 16.2. The highest BCUT2D eigenvalue weighted by Crippen LogP contribution is 2.31. The molecule has 0 aliphatic carbocycles. The van der Waals surface area contributed by atoms with Gasteiger partial charge in [-0.05, 0) is 45.4 Å². The summed E-state index contributed by atoms with van der Waals surface area (Å²) in [6.45, 7) is 6.06. The van der Waals surface area contributed by atoms with Gasteiger partial charge in [-0.15, -0.1) is 0 Å². The Balaban J connectivity index is 1.90. The summed E-state index contributed by atoms with van der Waals surface area (Å²) < 4.78 is 0. The number of carbonyl (C=O) groups excluding carboxylic acids is 2. The van der Waals surface area contributed by atoms with Gasteiger partial charge in [-0.3, -0.25) is 19.4 Å². The van der Waals surface area contributed by atoms with Gasteiger partial charge in [0.25, 0.3) is 11.8 Å². The number of amides is 2. The van der Waals surface area contributed by atoms with Crippen molar-refractivity contribution in [2.75, 3.05) is 18.8 Å². The van der Waals surface area contributed by atoms with Crippen molar-refractivity contribution in [2.45, 2.75) is 38.8 Å². The van der Waals surface area contributed by atoms with Crippen molar-refractivity contribution in [3.63, 3.8) is 0 Å². The number of hydrogen-bond acceptors (Lipinski definition) is 4. The lowest BCUT2D eigenvalue weighted by molar-refractivity contribution is 0.0449. The average molecular weight is 287 g/mol. The van der Waals surface area contributed by atoms with Gasteiger partial charge < -0.3 is 5.73 Å². The molecule has 2 aliphatic rings. The maximum absolute atomic E-state index is 12.6. The fourth-order valence-electron chi connectivity index (χ4n) is 3.32. The molecular weight excluding hydrogens is 266 g/mol. The lowest BCUT2D eigenvalue weighted by Gasteiger charge is -2.38. The van der Waals surface area contributed by atoms with Crippen molar-refractivity contribution in [3.05, 3.63) is 29.3 Å². The summed E-state index contributed by atoms with van der Waals surface area (Å²) in [5.74, 6) is -0.429. The van der Waals surface area contributed by atoms with Crippen molar-refractivity contribution in [3.8, 4) is 0 Å². The number of nitrogens with two attached hydrogens (primary N) is 1. The van der Waals surface area contributed by atoms with Gasteiger partial charge in [-0.2, -0.15) is 0 Å². The molecule has 5 heteroatoms. The number of imide groups is 1. The summed E-state index contributed by atoms with van der Waals surface area (Å²) in [5, 5.41) is 0. The van der Waals surface area contributed by atoms with Crippen LogP contribution in [0, 0.1) is 0 Å². The Hall–Kier alpha value is -1.88. The Bertz CT molecular complexity index is 597. The summed E-state index contributed by atoms with van der Waals surface area (Å²) in [5.41, 5.74) is 7.10. The van der Waals surface area contributed by atoms with Crippen LogP contribution in [0.25, 0.3) is 0 Å². The van der Waals surface area contributed by atoms with Gasteiger partial charge in [-0.25, -0.2) is 0 Å². The SMILES string of the molecule is CC(C)N1CCC[C@H](N2C(=O)c3cccc(N)c3C2=O)C1. The number of nitrogens with zero attached hydrogens (tertiary/aromatic N) is 2. The van der Waals surface area contributed by atoms with Crippen LogP contribution in [0.5, 0.6) is 0 Å². The maximum Gasteiger partial charge on any atom is 0.263 e. The molecule has 1 saturated heterocycles. The fraction of sp³-hybridized carbons (Fsp3) is 0.500. The molecule has 5 nitrogen and oxygen atoms in total. The van der Waals surface area contributed by atoms with Gasteiger partial charge in [0, 0.05) is 18.3 Å². The van der Waals surface area contributed by atoms with E-state index < -0.39 is 0 Å². The van der Waals surface area contributed by atoms with Crippen LogP contribution in [0.15, 0.2) is 18.2 Å². The third-order valence-corrected chi connectivity index (χ3v) is 4.50. The van der Waals surface area contributed by atoms with Gasteiger partial charge in [0.05, 0.1) is 17.2 Å². The molecule has 2 aliphatic heterocycles. The van der Waals surface area contributed by atoms with Crippen molar-refractivity contribution in [1.82, 2.24) is 9.80 Å². The maximum atomic E-state index is 12.6. The zero-order valence-corrected chi connectivity index (χ0v) is 12.5. The first-order valence-corrected chi connectivity index (χ1v) is 7.51. The predicted molar refractivity (Wildman–Crippen MR) is 81.1 cm³/mol. The Morgan fingerprint density at radius 2 is 2.00 bits per heavy atom. The smallest absolute Gasteiger partial charge is 0.263 e. The molecule has 0 aromatic heterocycles. The van der Waals surface area contributed by atoms with Crippen LogP contribution in [0.3, 0.4) is 0 Å². The van der Waals surface area contributed by atoms with E-state index in [1.165, 1.54) is 4.90 Å². The van der Waals surface area contributed by atoms with Crippen LogP contribution in [0.4, 0.5) is 5.69 Å². The van der Waals surface area contributed by atoms with Crippen LogP contribution in [0.2, 0.25) is 0 Å². The minimum atomic E-state index is -0.233. The number of benzene rings is 1. The molecule has 112 valence electrons. The molecule has 2 heterocycles. The minimum absolute atomic E-state index is 0.0482. The standard InChI is InChI=1S/C16H21N3O2/c1-10(2)18-8-4-5-11(9-18)19-15(20)12-6-3-7-13(17)14(12)16(19)21/h3,6-7,10-11H,4-5,8-9,17H2,1-2H3/t11-/m0/s1. The van der Waals surface area contributed by atoms with E-state index in [0.717, 1.165) is 25.9 Å². The highest BCUT2D eigenvalue weighted by Gasteiger charge is 2.42. The van der Waals surface area contributed by atoms with Gasteiger partial charge in [0.15, 0.2) is 0 Å². The van der Waals surface area contributed by atoms with E-state index in [1.807, 2.05) is 0 Å². The van der Waals surface area contributed by atoms with Crippen molar-refractivity contribution in [1.29, 1.82) is 0 Å². The van der Waals surface area contributed by atoms with Crippen molar-refractivity contribution < 1.29 is 9.59 Å². The zero-order chi connectivity index (χ0) is 15.1. The lowest BCUT2D eigenvalue weighted by Crippen LogP contribution is -2.51. The quantitative estimate of drug-likeness (QED) is 0.664. The molecule has 3 rings (SSSR count). The molecule has 0 saturated carbocycles. The Morgan fingerprint density at radius 3 is 2.67 bits per heavy atom. The number of likely N-dealkylation sites (tertiary alicyclic amines) is 1. The Labute approximate surface area is 124 Å². The molecular formula is C16H21N3O2. The number of anilines is 1. The third-order valence-electron chi connectivity index (χ3n) is 4.50. The molecule has 2 N–H and O–H groups in total. The summed E-state index contributed by atoms with van der Waals surface area (Å²) in [7, 11) is 0. The lowest BCUT2D eigenvalue weighted by atomic mass is 10.0. The molecule has 0 bridgehead atoms. The van der Waals surface area contributed by atoms with E-state index in [2.05, 4.69) is 18.7 Å². The second kappa shape index (κ2) is 5.15. The second-order valence-electron chi connectivity index (χ2n) is 6.13. The van der Waals surface area contributed by atoms with Gasteiger partial charge in [0.1, 0.15) is 0 Å². The van der Waals surface area contributed by atoms with Crippen molar-refractivity contribution in [2.24, 2.45) is 0 Å². The Kier molecular flexibility index (Phi) is 3.45. The molecule has 0 spiro atoms. The fourth-order valence-corrected chi connectivity index (χ4v) is 3.32. The first-order valence-electron chi connectivity index (χ1n) is 7.51. The van der Waals surface area contributed by atoms with E-state index in [1.54, 1.807) is 18.2 Å². The molecule has 1 aromatic rings. The highest BCUT2D eigenvalue weighted by molar-refractivity contribution is 6.23. The van der Waals surface area contributed by atoms with E-state index in [9.17, 15) is 9.59 Å². The van der Waals surface area contributed by atoms with Crippen LogP contribution in [-0.2, 0) is 0 Å². The monoisotopic (exact) mass is 287 g/mol. The van der Waals surface area contributed by atoms with E-state index in [0.29, 0.717) is 22.9 Å². The van der Waals surface area contributed by atoms with Crippen LogP contribution < -0.4 is 5.73 Å². The summed E-state index contributed by atoms with van der Waals surface area (Å²) in [6, 6.07) is 5.47. The molecule has 21 heavy (non-hydrogen) atoms. The third kappa shape index (κ3) is 2.21. The number of rotatable bonds is 2. The van der Waals surface area contributed by atoms with Crippen LogP contribution >= 0.6 is 0 Å². The zero-order valence-electron chi connectivity index (χ0n) is 12.5. The second-order valence-corrected chi connectivity index (χ2v) is 6.13. The van der Waals surface area contributed by atoms with Crippen molar-refractivity contribution >= 4 is 17.5 Å². The largest absolute Gasteiger partial charge is 0.398 e. The van der Waals surface area contributed by atoms with E-state index in [-0.39, 0.29) is 17.9 Å². The first kappa shape index (κ1) is 14.1. The molecule has 0 unspecified atom stereocenters. The number of carbonyl (C=O) groups is 2. The van der Waals surface area contributed by atoms with Gasteiger partial charge in [0.2, 0.25) is 0 Å². The predicted octanol–water partition coefficient (Wildman–Crippen LogP) is 1.74. The molecule has 0 radical (unpaired) electrons. The van der Waals surface area contributed by atoms with Gasteiger partial charge in [-0.1, -0.05) is 6.07 Å². The van der Waals surface area contributed by atoms with Gasteiger partial charge >= 0.3 is 0 Å². The summed E-state index contributed by atoms with van der Waals surface area (Å²) >= 11 is 0. The minimum Gasteiger partial charge on any atom is -0.398 e. The molecule has 2 amide bonds. The van der Waals surface area contributed by atoms with Crippen LogP contribution in [-0.4, -0.2) is 46.8 Å². The van der Waals surface area contributed by atoms with Crippen LogP contribution in [0.1, 0.15) is 47.4 Å². The number of nitrogen functional groups attached to an aromatic ring is 1. The normalized spacial score (nSPS) is 23.0. The number of hydrogen-bond donors (Lipinski definition) is 1. The van der Waals surface area contributed by atoms with E-state index >= 15 is 0 Å². The molecule has 1 aromatic carbocycles.